The van der Waals surface area contributed by atoms with E-state index in [0.717, 1.165) is 33.3 Å². The minimum Gasteiger partial charge on any atom is -0.441 e. The van der Waals surface area contributed by atoms with E-state index in [1.807, 2.05) is 60.0 Å². The number of aryl methyl sites for hydroxylation is 1. The second kappa shape index (κ2) is 8.35. The highest BCUT2D eigenvalue weighted by Gasteiger charge is 2.18. The molecule has 7 heteroatoms. The molecule has 0 aliphatic rings. The molecule has 0 saturated carbocycles. The molecular weight excluding hydrogens is 411 g/mol. The highest BCUT2D eigenvalue weighted by atomic mass is 32.2. The third-order valence-electron chi connectivity index (χ3n) is 5.00. The molecule has 5 aromatic rings. The Morgan fingerprint density at radius 1 is 0.968 bits per heavy atom. The predicted octanol–water partition coefficient (Wildman–Crippen LogP) is 5.87. The largest absolute Gasteiger partial charge is 0.441 e. The number of pyridine rings is 1. The van der Waals surface area contributed by atoms with Gasteiger partial charge in [-0.25, -0.2) is 19.3 Å². The first-order chi connectivity index (χ1) is 15.2. The van der Waals surface area contributed by atoms with Gasteiger partial charge in [0.15, 0.2) is 10.8 Å². The Labute approximate surface area is 183 Å². The van der Waals surface area contributed by atoms with E-state index < -0.39 is 0 Å². The van der Waals surface area contributed by atoms with Crippen molar-refractivity contribution in [1.82, 2.24) is 19.5 Å². The number of imidazole rings is 1. The zero-order valence-electron chi connectivity index (χ0n) is 16.8. The molecule has 0 N–H and O–H groups in total. The average Bonchev–Trinajstić information content (AvgIpc) is 3.34. The number of hydrogen-bond acceptors (Lipinski definition) is 5. The SMILES string of the molecule is Cc1oc(-c2ccccc2)nc1Cn1c(SCc2ccccc2F)nc2cccnc21. The molecule has 31 heavy (non-hydrogen) atoms. The van der Waals surface area contributed by atoms with Crippen molar-refractivity contribution < 1.29 is 8.81 Å². The van der Waals surface area contributed by atoms with Crippen molar-refractivity contribution in [2.24, 2.45) is 0 Å². The molecule has 3 aromatic heterocycles. The maximum absolute atomic E-state index is 14.1. The first-order valence-electron chi connectivity index (χ1n) is 9.88. The lowest BCUT2D eigenvalue weighted by Crippen LogP contribution is -2.04. The lowest BCUT2D eigenvalue weighted by atomic mass is 10.2. The fraction of sp³-hybridized carbons (Fsp3) is 0.125. The summed E-state index contributed by atoms with van der Waals surface area (Å²) < 4.78 is 22.0. The number of nitrogens with zero attached hydrogens (tertiary/aromatic N) is 4. The third-order valence-corrected chi connectivity index (χ3v) is 6.03. The Balaban J connectivity index is 1.49. The molecule has 0 radical (unpaired) electrons. The van der Waals surface area contributed by atoms with E-state index in [1.54, 1.807) is 18.3 Å². The maximum Gasteiger partial charge on any atom is 0.226 e. The zero-order valence-corrected chi connectivity index (χ0v) is 17.6. The van der Waals surface area contributed by atoms with Crippen LogP contribution in [0.3, 0.4) is 0 Å². The van der Waals surface area contributed by atoms with Crippen molar-refractivity contribution in [3.8, 4) is 11.5 Å². The summed E-state index contributed by atoms with van der Waals surface area (Å²) in [7, 11) is 0. The van der Waals surface area contributed by atoms with Gasteiger partial charge in [-0.3, -0.25) is 4.57 Å². The summed E-state index contributed by atoms with van der Waals surface area (Å²) in [5, 5.41) is 0.764. The lowest BCUT2D eigenvalue weighted by molar-refractivity contribution is 0.537. The molecule has 0 unspecified atom stereocenters. The van der Waals surface area contributed by atoms with Gasteiger partial charge in [0.1, 0.15) is 22.8 Å². The number of rotatable bonds is 6. The Morgan fingerprint density at radius 3 is 2.61 bits per heavy atom. The molecule has 0 aliphatic carbocycles. The number of benzene rings is 2. The predicted molar refractivity (Wildman–Crippen MR) is 119 cm³/mol. The van der Waals surface area contributed by atoms with Gasteiger partial charge in [-0.15, -0.1) is 0 Å². The van der Waals surface area contributed by atoms with E-state index in [-0.39, 0.29) is 5.82 Å². The Kier molecular flexibility index (Phi) is 5.26. The van der Waals surface area contributed by atoms with Crippen molar-refractivity contribution in [2.45, 2.75) is 24.4 Å². The fourth-order valence-electron chi connectivity index (χ4n) is 3.38. The number of thioether (sulfide) groups is 1. The quantitative estimate of drug-likeness (QED) is 0.315. The highest BCUT2D eigenvalue weighted by Crippen LogP contribution is 2.29. The Morgan fingerprint density at radius 2 is 1.77 bits per heavy atom. The van der Waals surface area contributed by atoms with Gasteiger partial charge in [-0.2, -0.15) is 0 Å². The van der Waals surface area contributed by atoms with Gasteiger partial charge in [-0.05, 0) is 42.8 Å². The molecule has 3 heterocycles. The van der Waals surface area contributed by atoms with E-state index in [9.17, 15) is 4.39 Å². The van der Waals surface area contributed by atoms with Crippen LogP contribution < -0.4 is 0 Å². The topological polar surface area (TPSA) is 56.7 Å². The van der Waals surface area contributed by atoms with Crippen molar-refractivity contribution in [2.75, 3.05) is 0 Å². The van der Waals surface area contributed by atoms with Crippen LogP contribution in [-0.2, 0) is 12.3 Å². The molecule has 0 spiro atoms. The van der Waals surface area contributed by atoms with Gasteiger partial charge in [0.25, 0.3) is 0 Å². The second-order valence-corrected chi connectivity index (χ2v) is 8.04. The summed E-state index contributed by atoms with van der Waals surface area (Å²) in [4.78, 5) is 14.0. The first-order valence-corrected chi connectivity index (χ1v) is 10.9. The van der Waals surface area contributed by atoms with Crippen LogP contribution in [0.1, 0.15) is 17.0 Å². The van der Waals surface area contributed by atoms with E-state index in [1.165, 1.54) is 17.8 Å². The monoisotopic (exact) mass is 430 g/mol. The van der Waals surface area contributed by atoms with Crippen molar-refractivity contribution >= 4 is 22.9 Å². The van der Waals surface area contributed by atoms with Crippen LogP contribution in [0, 0.1) is 12.7 Å². The molecule has 5 nitrogen and oxygen atoms in total. The van der Waals surface area contributed by atoms with Gasteiger partial charge < -0.3 is 4.42 Å². The number of halogens is 1. The summed E-state index contributed by atoms with van der Waals surface area (Å²) in [6, 6.07) is 20.4. The molecule has 2 aromatic carbocycles. The van der Waals surface area contributed by atoms with Crippen LogP contribution in [0.5, 0.6) is 0 Å². The smallest absolute Gasteiger partial charge is 0.226 e. The molecule has 0 saturated heterocycles. The number of oxazole rings is 1. The Bertz CT molecular complexity index is 1350. The van der Waals surface area contributed by atoms with Crippen LogP contribution in [0.2, 0.25) is 0 Å². The minimum absolute atomic E-state index is 0.212. The lowest BCUT2D eigenvalue weighted by Gasteiger charge is -2.07. The summed E-state index contributed by atoms with van der Waals surface area (Å²) in [6.45, 7) is 2.38. The number of aromatic nitrogens is 4. The average molecular weight is 431 g/mol. The molecule has 0 aliphatic heterocycles. The number of hydrogen-bond donors (Lipinski definition) is 0. The van der Waals surface area contributed by atoms with E-state index >= 15 is 0 Å². The molecule has 5 rings (SSSR count). The molecule has 0 fully saturated rings. The van der Waals surface area contributed by atoms with Crippen molar-refractivity contribution in [1.29, 1.82) is 0 Å². The van der Waals surface area contributed by atoms with Gasteiger partial charge >= 0.3 is 0 Å². The van der Waals surface area contributed by atoms with Gasteiger partial charge in [-0.1, -0.05) is 48.2 Å². The normalized spacial score (nSPS) is 11.3. The zero-order chi connectivity index (χ0) is 21.2. The second-order valence-electron chi connectivity index (χ2n) is 7.09. The van der Waals surface area contributed by atoms with Crippen LogP contribution in [0.4, 0.5) is 4.39 Å². The standard InChI is InChI=1S/C24H19FN4OS/c1-16-21(27-23(30-16)17-8-3-2-4-9-17)14-29-22-20(12-7-13-26-22)28-24(29)31-15-18-10-5-6-11-19(18)25/h2-13H,14-15H2,1H3. The minimum atomic E-state index is -0.212. The summed E-state index contributed by atoms with van der Waals surface area (Å²) in [6.07, 6.45) is 1.75. The van der Waals surface area contributed by atoms with Crippen molar-refractivity contribution in [3.63, 3.8) is 0 Å². The van der Waals surface area contributed by atoms with E-state index in [2.05, 4.69) is 4.98 Å². The molecular formula is C24H19FN4OS. The van der Waals surface area contributed by atoms with E-state index in [0.29, 0.717) is 23.8 Å². The third kappa shape index (κ3) is 3.96. The summed E-state index contributed by atoms with van der Waals surface area (Å²) >= 11 is 1.48. The van der Waals surface area contributed by atoms with Gasteiger partial charge in [0, 0.05) is 17.5 Å². The highest BCUT2D eigenvalue weighted by molar-refractivity contribution is 7.98. The molecule has 0 amide bonds. The summed E-state index contributed by atoms with van der Waals surface area (Å²) in [5.74, 6) is 1.60. The van der Waals surface area contributed by atoms with Gasteiger partial charge in [0.05, 0.1) is 6.54 Å². The molecule has 0 bridgehead atoms. The maximum atomic E-state index is 14.1. The first kappa shape index (κ1) is 19.5. The van der Waals surface area contributed by atoms with Crippen LogP contribution >= 0.6 is 11.8 Å². The van der Waals surface area contributed by atoms with E-state index in [4.69, 9.17) is 14.4 Å². The van der Waals surface area contributed by atoms with Crippen LogP contribution in [0.25, 0.3) is 22.6 Å². The number of fused-ring (bicyclic) bond motifs is 1. The molecule has 154 valence electrons. The van der Waals surface area contributed by atoms with Gasteiger partial charge in [0.2, 0.25) is 5.89 Å². The van der Waals surface area contributed by atoms with Crippen molar-refractivity contribution in [3.05, 3.63) is 95.8 Å². The molecule has 0 atom stereocenters. The van der Waals surface area contributed by atoms with Crippen LogP contribution in [-0.4, -0.2) is 19.5 Å². The fourth-order valence-corrected chi connectivity index (χ4v) is 4.37. The summed E-state index contributed by atoms with van der Waals surface area (Å²) in [5.41, 5.74) is 3.95. The Hall–Kier alpha value is -3.45. The van der Waals surface area contributed by atoms with Crippen LogP contribution in [0.15, 0.2) is 82.5 Å².